The second kappa shape index (κ2) is 7.38. The third-order valence-electron chi connectivity index (χ3n) is 4.53. The van der Waals surface area contributed by atoms with E-state index in [2.05, 4.69) is 23.4 Å². The molecule has 1 atom stereocenters. The summed E-state index contributed by atoms with van der Waals surface area (Å²) in [5.41, 5.74) is 2.19. The molecule has 1 N–H and O–H groups in total. The van der Waals surface area contributed by atoms with Gasteiger partial charge in [-0.05, 0) is 26.0 Å². The summed E-state index contributed by atoms with van der Waals surface area (Å²) in [6, 6.07) is 2.46. The van der Waals surface area contributed by atoms with Crippen LogP contribution in [0.15, 0.2) is 6.07 Å². The largest absolute Gasteiger partial charge is 0.381 e. The van der Waals surface area contributed by atoms with Gasteiger partial charge in [-0.25, -0.2) is 0 Å². The Balaban J connectivity index is 2.18. The molecule has 5 nitrogen and oxygen atoms in total. The second-order valence-electron chi connectivity index (χ2n) is 5.99. The molecule has 1 aliphatic rings. The van der Waals surface area contributed by atoms with Crippen molar-refractivity contribution in [1.29, 1.82) is 0 Å². The van der Waals surface area contributed by atoms with Crippen LogP contribution in [0.5, 0.6) is 0 Å². The fourth-order valence-electron chi connectivity index (χ4n) is 3.24. The molecule has 0 aromatic carbocycles. The summed E-state index contributed by atoms with van der Waals surface area (Å²) in [5, 5.41) is 8.16. The van der Waals surface area contributed by atoms with Gasteiger partial charge in [0.15, 0.2) is 0 Å². The lowest BCUT2D eigenvalue weighted by atomic mass is 9.83. The highest BCUT2D eigenvalue weighted by Gasteiger charge is 2.40. The van der Waals surface area contributed by atoms with Gasteiger partial charge >= 0.3 is 0 Å². The van der Waals surface area contributed by atoms with Crippen LogP contribution < -0.4 is 5.32 Å². The standard InChI is InChI=1S/C16H29N3O2/c1-5-8-17-15(12-14-11-13(2)18-19(14)3)16(20-4)6-9-21-10-7-16/h11,15,17H,5-10,12H2,1-4H3. The molecule has 2 heterocycles. The quantitative estimate of drug-likeness (QED) is 0.834. The van der Waals surface area contributed by atoms with Crippen molar-refractivity contribution in [2.45, 2.75) is 51.2 Å². The Hall–Kier alpha value is -0.910. The molecule has 0 saturated carbocycles. The van der Waals surface area contributed by atoms with Crippen molar-refractivity contribution in [2.24, 2.45) is 7.05 Å². The highest BCUT2D eigenvalue weighted by Crippen LogP contribution is 2.30. The van der Waals surface area contributed by atoms with E-state index >= 15 is 0 Å². The number of nitrogens with one attached hydrogen (secondary N) is 1. The summed E-state index contributed by atoms with van der Waals surface area (Å²) in [6.07, 6.45) is 3.95. The number of hydrogen-bond donors (Lipinski definition) is 1. The summed E-state index contributed by atoms with van der Waals surface area (Å²) in [6.45, 7) is 6.80. The first-order chi connectivity index (χ1) is 10.1. The van der Waals surface area contributed by atoms with E-state index < -0.39 is 0 Å². The molecular formula is C16H29N3O2. The minimum atomic E-state index is -0.133. The maximum atomic E-state index is 5.98. The molecule has 1 unspecified atom stereocenters. The third kappa shape index (κ3) is 3.84. The number of methoxy groups -OCH3 is 1. The molecule has 0 aliphatic carbocycles. The minimum absolute atomic E-state index is 0.133. The first-order valence-electron chi connectivity index (χ1n) is 7.97. The Kier molecular flexibility index (Phi) is 5.79. The van der Waals surface area contributed by atoms with E-state index in [0.29, 0.717) is 6.04 Å². The summed E-state index contributed by atoms with van der Waals surface area (Å²) < 4.78 is 13.5. The average Bonchev–Trinajstić information content (AvgIpc) is 2.82. The molecule has 5 heteroatoms. The van der Waals surface area contributed by atoms with Gasteiger partial charge in [-0.2, -0.15) is 5.10 Å². The summed E-state index contributed by atoms with van der Waals surface area (Å²) in [4.78, 5) is 0. The molecule has 0 spiro atoms. The lowest BCUT2D eigenvalue weighted by molar-refractivity contribution is -0.110. The smallest absolute Gasteiger partial charge is 0.0878 e. The van der Waals surface area contributed by atoms with Crippen molar-refractivity contribution >= 4 is 0 Å². The molecule has 1 aromatic heterocycles. The lowest BCUT2D eigenvalue weighted by Gasteiger charge is -2.42. The molecule has 1 aliphatic heterocycles. The van der Waals surface area contributed by atoms with Gasteiger partial charge in [-0.15, -0.1) is 0 Å². The number of hydrogen-bond acceptors (Lipinski definition) is 4. The van der Waals surface area contributed by atoms with Crippen LogP contribution in [0.2, 0.25) is 0 Å². The fourth-order valence-corrected chi connectivity index (χ4v) is 3.24. The number of aromatic nitrogens is 2. The van der Waals surface area contributed by atoms with E-state index in [-0.39, 0.29) is 5.60 Å². The number of rotatable bonds is 7. The monoisotopic (exact) mass is 295 g/mol. The van der Waals surface area contributed by atoms with Crippen molar-refractivity contribution in [2.75, 3.05) is 26.9 Å². The van der Waals surface area contributed by atoms with Crippen molar-refractivity contribution < 1.29 is 9.47 Å². The molecular weight excluding hydrogens is 266 g/mol. The molecule has 1 saturated heterocycles. The van der Waals surface area contributed by atoms with Crippen molar-refractivity contribution in [3.8, 4) is 0 Å². The van der Waals surface area contributed by atoms with E-state index in [1.165, 1.54) is 5.69 Å². The predicted octanol–water partition coefficient (Wildman–Crippen LogP) is 1.83. The zero-order valence-electron chi connectivity index (χ0n) is 13.8. The SMILES string of the molecule is CCCNC(Cc1cc(C)nn1C)C1(OC)CCOCC1. The van der Waals surface area contributed by atoms with Crippen LogP contribution in [0.1, 0.15) is 37.6 Å². The highest BCUT2D eigenvalue weighted by atomic mass is 16.5. The average molecular weight is 295 g/mol. The zero-order valence-corrected chi connectivity index (χ0v) is 13.8. The molecule has 1 aromatic rings. The molecule has 120 valence electrons. The van der Waals surface area contributed by atoms with Crippen molar-refractivity contribution in [3.63, 3.8) is 0 Å². The van der Waals surface area contributed by atoms with Gasteiger partial charge in [0.2, 0.25) is 0 Å². The minimum Gasteiger partial charge on any atom is -0.381 e. The van der Waals surface area contributed by atoms with E-state index in [1.807, 2.05) is 25.8 Å². The molecule has 0 amide bonds. The second-order valence-corrected chi connectivity index (χ2v) is 5.99. The van der Waals surface area contributed by atoms with E-state index in [1.54, 1.807) is 0 Å². The number of ether oxygens (including phenoxy) is 2. The van der Waals surface area contributed by atoms with Crippen LogP contribution in [0.3, 0.4) is 0 Å². The first kappa shape index (κ1) is 16.5. The van der Waals surface area contributed by atoms with Crippen LogP contribution in [-0.2, 0) is 22.9 Å². The maximum absolute atomic E-state index is 5.98. The Labute approximate surface area is 128 Å². The Morgan fingerprint density at radius 2 is 2.19 bits per heavy atom. The van der Waals surface area contributed by atoms with Gasteiger partial charge in [0.05, 0.1) is 11.3 Å². The molecule has 0 radical (unpaired) electrons. The van der Waals surface area contributed by atoms with Gasteiger partial charge in [-0.1, -0.05) is 6.92 Å². The van der Waals surface area contributed by atoms with E-state index in [4.69, 9.17) is 9.47 Å². The van der Waals surface area contributed by atoms with Crippen LogP contribution >= 0.6 is 0 Å². The lowest BCUT2D eigenvalue weighted by Crippen LogP contribution is -2.56. The highest BCUT2D eigenvalue weighted by molar-refractivity contribution is 5.12. The van der Waals surface area contributed by atoms with E-state index in [9.17, 15) is 0 Å². The third-order valence-corrected chi connectivity index (χ3v) is 4.53. The van der Waals surface area contributed by atoms with Crippen molar-refractivity contribution in [1.82, 2.24) is 15.1 Å². The van der Waals surface area contributed by atoms with Gasteiger partial charge < -0.3 is 14.8 Å². The van der Waals surface area contributed by atoms with Crippen molar-refractivity contribution in [3.05, 3.63) is 17.5 Å². The Bertz CT molecular complexity index is 439. The van der Waals surface area contributed by atoms with Gasteiger partial charge in [0.25, 0.3) is 0 Å². The summed E-state index contributed by atoms with van der Waals surface area (Å²) >= 11 is 0. The Morgan fingerprint density at radius 1 is 1.48 bits per heavy atom. The molecule has 2 rings (SSSR count). The Morgan fingerprint density at radius 3 is 2.71 bits per heavy atom. The summed E-state index contributed by atoms with van der Waals surface area (Å²) in [7, 11) is 3.85. The predicted molar refractivity (Wildman–Crippen MR) is 83.5 cm³/mol. The fraction of sp³-hybridized carbons (Fsp3) is 0.812. The van der Waals surface area contributed by atoms with Gasteiger partial charge in [-0.3, -0.25) is 4.68 Å². The first-order valence-corrected chi connectivity index (χ1v) is 7.97. The van der Waals surface area contributed by atoms with Crippen LogP contribution in [0, 0.1) is 6.92 Å². The topological polar surface area (TPSA) is 48.3 Å². The molecule has 1 fully saturated rings. The van der Waals surface area contributed by atoms with Crippen LogP contribution in [-0.4, -0.2) is 48.3 Å². The van der Waals surface area contributed by atoms with E-state index in [0.717, 1.165) is 51.1 Å². The zero-order chi connectivity index (χ0) is 15.3. The maximum Gasteiger partial charge on any atom is 0.0878 e. The number of nitrogens with zero attached hydrogens (tertiary/aromatic N) is 2. The van der Waals surface area contributed by atoms with Gasteiger partial charge in [0.1, 0.15) is 0 Å². The normalized spacial score (nSPS) is 19.6. The van der Waals surface area contributed by atoms with Gasteiger partial charge in [0, 0.05) is 58.4 Å². The van der Waals surface area contributed by atoms with Crippen LogP contribution in [0.4, 0.5) is 0 Å². The number of aryl methyl sites for hydroxylation is 2. The summed E-state index contributed by atoms with van der Waals surface area (Å²) in [5.74, 6) is 0. The van der Waals surface area contributed by atoms with Crippen LogP contribution in [0.25, 0.3) is 0 Å². The molecule has 0 bridgehead atoms. The molecule has 21 heavy (non-hydrogen) atoms.